The van der Waals surface area contributed by atoms with Gasteiger partial charge in [0.15, 0.2) is 0 Å². The second-order valence-corrected chi connectivity index (χ2v) is 6.33. The SMILES string of the molecule is CCCCCCN1CCC(C2CCNCC2)CC1. The van der Waals surface area contributed by atoms with Crippen LogP contribution in [0.1, 0.15) is 58.3 Å². The van der Waals surface area contributed by atoms with Crippen LogP contribution in [0, 0.1) is 11.8 Å². The molecular formula is C16H32N2. The maximum absolute atomic E-state index is 3.49. The summed E-state index contributed by atoms with van der Waals surface area (Å²) < 4.78 is 0. The van der Waals surface area contributed by atoms with Gasteiger partial charge >= 0.3 is 0 Å². The van der Waals surface area contributed by atoms with Crippen molar-refractivity contribution in [3.05, 3.63) is 0 Å². The zero-order valence-corrected chi connectivity index (χ0v) is 12.3. The summed E-state index contributed by atoms with van der Waals surface area (Å²) in [5, 5.41) is 3.49. The molecule has 106 valence electrons. The molecule has 0 amide bonds. The standard InChI is InChI=1S/C16H32N2/c1-2-3-4-5-12-18-13-8-16(9-14-18)15-6-10-17-11-7-15/h15-17H,2-14H2,1H3. The van der Waals surface area contributed by atoms with Gasteiger partial charge in [-0.1, -0.05) is 26.2 Å². The van der Waals surface area contributed by atoms with Crippen molar-refractivity contribution in [2.24, 2.45) is 11.8 Å². The Bertz CT molecular complexity index is 203. The molecule has 2 nitrogen and oxygen atoms in total. The summed E-state index contributed by atoms with van der Waals surface area (Å²) in [7, 11) is 0. The summed E-state index contributed by atoms with van der Waals surface area (Å²) in [6.07, 6.45) is 11.4. The minimum Gasteiger partial charge on any atom is -0.317 e. The Balaban J connectivity index is 1.58. The molecule has 1 N–H and O–H groups in total. The number of hydrogen-bond acceptors (Lipinski definition) is 2. The van der Waals surface area contributed by atoms with Gasteiger partial charge in [0.2, 0.25) is 0 Å². The Kier molecular flexibility index (Phi) is 6.50. The highest BCUT2D eigenvalue weighted by Gasteiger charge is 2.27. The van der Waals surface area contributed by atoms with E-state index in [1.807, 2.05) is 0 Å². The fourth-order valence-electron chi connectivity index (χ4n) is 3.73. The molecule has 0 bridgehead atoms. The van der Waals surface area contributed by atoms with Crippen LogP contribution in [0.3, 0.4) is 0 Å². The first-order chi connectivity index (χ1) is 8.90. The van der Waals surface area contributed by atoms with E-state index in [-0.39, 0.29) is 0 Å². The van der Waals surface area contributed by atoms with Crippen LogP contribution in [0.5, 0.6) is 0 Å². The summed E-state index contributed by atoms with van der Waals surface area (Å²) in [5.74, 6) is 2.08. The van der Waals surface area contributed by atoms with E-state index in [0.717, 1.165) is 11.8 Å². The average molecular weight is 252 g/mol. The van der Waals surface area contributed by atoms with Crippen LogP contribution < -0.4 is 5.32 Å². The van der Waals surface area contributed by atoms with Gasteiger partial charge in [-0.25, -0.2) is 0 Å². The van der Waals surface area contributed by atoms with Crippen LogP contribution in [0.2, 0.25) is 0 Å². The highest BCUT2D eigenvalue weighted by atomic mass is 15.1. The fraction of sp³-hybridized carbons (Fsp3) is 1.00. The summed E-state index contributed by atoms with van der Waals surface area (Å²) >= 11 is 0. The normalized spacial score (nSPS) is 24.5. The number of likely N-dealkylation sites (tertiary alicyclic amines) is 1. The zero-order valence-electron chi connectivity index (χ0n) is 12.3. The predicted octanol–water partition coefficient (Wildman–Crippen LogP) is 3.28. The van der Waals surface area contributed by atoms with Crippen molar-refractivity contribution in [2.45, 2.75) is 58.3 Å². The third-order valence-corrected chi connectivity index (χ3v) is 5.01. The number of hydrogen-bond donors (Lipinski definition) is 1. The van der Waals surface area contributed by atoms with E-state index < -0.39 is 0 Å². The smallest absolute Gasteiger partial charge is 0.00160 e. The monoisotopic (exact) mass is 252 g/mol. The maximum atomic E-state index is 3.49. The lowest BCUT2D eigenvalue weighted by Crippen LogP contribution is -2.39. The van der Waals surface area contributed by atoms with Gasteiger partial charge in [0, 0.05) is 0 Å². The summed E-state index contributed by atoms with van der Waals surface area (Å²) in [4.78, 5) is 2.72. The molecule has 2 heteroatoms. The Morgan fingerprint density at radius 3 is 2.22 bits per heavy atom. The van der Waals surface area contributed by atoms with Gasteiger partial charge in [0.1, 0.15) is 0 Å². The number of unbranched alkanes of at least 4 members (excludes halogenated alkanes) is 3. The Morgan fingerprint density at radius 2 is 1.56 bits per heavy atom. The van der Waals surface area contributed by atoms with Gasteiger partial charge in [0.25, 0.3) is 0 Å². The van der Waals surface area contributed by atoms with Crippen molar-refractivity contribution in [1.82, 2.24) is 10.2 Å². The van der Waals surface area contributed by atoms with Crippen molar-refractivity contribution in [1.29, 1.82) is 0 Å². The number of rotatable bonds is 6. The lowest BCUT2D eigenvalue weighted by Gasteiger charge is -2.37. The van der Waals surface area contributed by atoms with Crippen molar-refractivity contribution in [3.63, 3.8) is 0 Å². The number of nitrogens with zero attached hydrogens (tertiary/aromatic N) is 1. The zero-order chi connectivity index (χ0) is 12.6. The minimum atomic E-state index is 1.04. The molecule has 0 saturated carbocycles. The molecule has 0 radical (unpaired) electrons. The molecule has 0 aromatic rings. The molecule has 0 unspecified atom stereocenters. The highest BCUT2D eigenvalue weighted by molar-refractivity contribution is 4.80. The topological polar surface area (TPSA) is 15.3 Å². The van der Waals surface area contributed by atoms with Crippen LogP contribution in [0.15, 0.2) is 0 Å². The van der Waals surface area contributed by atoms with E-state index in [1.165, 1.54) is 84.1 Å². The Labute approximate surface area is 114 Å². The van der Waals surface area contributed by atoms with Crippen molar-refractivity contribution in [3.8, 4) is 0 Å². The average Bonchev–Trinajstić information content (AvgIpc) is 2.45. The van der Waals surface area contributed by atoms with Crippen molar-refractivity contribution < 1.29 is 0 Å². The van der Waals surface area contributed by atoms with Crippen molar-refractivity contribution in [2.75, 3.05) is 32.7 Å². The van der Waals surface area contributed by atoms with Crippen LogP contribution in [-0.2, 0) is 0 Å². The Morgan fingerprint density at radius 1 is 0.889 bits per heavy atom. The van der Waals surface area contributed by atoms with E-state index in [0.29, 0.717) is 0 Å². The Hall–Kier alpha value is -0.0800. The molecule has 0 spiro atoms. The summed E-state index contributed by atoms with van der Waals surface area (Å²) in [6.45, 7) is 8.94. The van der Waals surface area contributed by atoms with Gasteiger partial charge in [0.05, 0.1) is 0 Å². The highest BCUT2D eigenvalue weighted by Crippen LogP contribution is 2.30. The van der Waals surface area contributed by atoms with Crippen LogP contribution in [0.25, 0.3) is 0 Å². The van der Waals surface area contributed by atoms with Gasteiger partial charge < -0.3 is 10.2 Å². The number of piperidine rings is 2. The predicted molar refractivity (Wildman–Crippen MR) is 78.9 cm³/mol. The quantitative estimate of drug-likeness (QED) is 0.730. The number of nitrogens with one attached hydrogen (secondary N) is 1. The second kappa shape index (κ2) is 8.16. The molecule has 2 fully saturated rings. The van der Waals surface area contributed by atoms with Crippen LogP contribution >= 0.6 is 0 Å². The third kappa shape index (κ3) is 4.55. The molecule has 2 rings (SSSR count). The summed E-state index contributed by atoms with van der Waals surface area (Å²) in [6, 6.07) is 0. The van der Waals surface area contributed by atoms with Gasteiger partial charge in [-0.15, -0.1) is 0 Å². The largest absolute Gasteiger partial charge is 0.317 e. The minimum absolute atomic E-state index is 1.04. The maximum Gasteiger partial charge on any atom is -0.00160 e. The summed E-state index contributed by atoms with van der Waals surface area (Å²) in [5.41, 5.74) is 0. The molecule has 0 aromatic heterocycles. The molecule has 0 aromatic carbocycles. The molecule has 2 saturated heterocycles. The lowest BCUT2D eigenvalue weighted by molar-refractivity contribution is 0.129. The van der Waals surface area contributed by atoms with E-state index in [1.54, 1.807) is 0 Å². The van der Waals surface area contributed by atoms with Crippen LogP contribution in [0.4, 0.5) is 0 Å². The van der Waals surface area contributed by atoms with E-state index in [4.69, 9.17) is 0 Å². The molecule has 0 aliphatic carbocycles. The van der Waals surface area contributed by atoms with Gasteiger partial charge in [-0.2, -0.15) is 0 Å². The van der Waals surface area contributed by atoms with Crippen molar-refractivity contribution >= 4 is 0 Å². The molecule has 18 heavy (non-hydrogen) atoms. The molecular weight excluding hydrogens is 220 g/mol. The first-order valence-corrected chi connectivity index (χ1v) is 8.33. The second-order valence-electron chi connectivity index (χ2n) is 6.33. The third-order valence-electron chi connectivity index (χ3n) is 5.01. The van der Waals surface area contributed by atoms with E-state index in [2.05, 4.69) is 17.1 Å². The molecule has 2 heterocycles. The van der Waals surface area contributed by atoms with E-state index >= 15 is 0 Å². The van der Waals surface area contributed by atoms with E-state index in [9.17, 15) is 0 Å². The first-order valence-electron chi connectivity index (χ1n) is 8.33. The van der Waals surface area contributed by atoms with Crippen LogP contribution in [-0.4, -0.2) is 37.6 Å². The molecule has 2 aliphatic rings. The van der Waals surface area contributed by atoms with Gasteiger partial charge in [-0.05, 0) is 76.7 Å². The fourth-order valence-corrected chi connectivity index (χ4v) is 3.73. The molecule has 2 aliphatic heterocycles. The molecule has 0 atom stereocenters. The lowest BCUT2D eigenvalue weighted by atomic mass is 9.79. The first kappa shape index (κ1) is 14.3. The van der Waals surface area contributed by atoms with Gasteiger partial charge in [-0.3, -0.25) is 0 Å².